The highest BCUT2D eigenvalue weighted by molar-refractivity contribution is 7.87. The Hall–Kier alpha value is -2.82. The first-order valence-corrected chi connectivity index (χ1v) is 16.3. The number of alkyl halides is 2. The quantitative estimate of drug-likeness (QED) is 0.367. The van der Waals surface area contributed by atoms with Gasteiger partial charge in [-0.3, -0.25) is 4.99 Å². The Labute approximate surface area is 255 Å². The summed E-state index contributed by atoms with van der Waals surface area (Å²) >= 11 is 7.84. The van der Waals surface area contributed by atoms with E-state index in [1.54, 1.807) is 25.4 Å². The maximum atomic E-state index is 14.0. The lowest BCUT2D eigenvalue weighted by Crippen LogP contribution is -2.53. The molecule has 2 N–H and O–H groups in total. The van der Waals surface area contributed by atoms with Gasteiger partial charge in [0.15, 0.2) is 10.8 Å². The second kappa shape index (κ2) is 11.3. The van der Waals surface area contributed by atoms with Crippen molar-refractivity contribution in [1.29, 1.82) is 0 Å². The van der Waals surface area contributed by atoms with Crippen LogP contribution in [-0.4, -0.2) is 74.1 Å². The fourth-order valence-corrected chi connectivity index (χ4v) is 8.74. The number of amidine groups is 1. The summed E-state index contributed by atoms with van der Waals surface area (Å²) < 4.78 is 73.1. The molecular formula is C27H29ClF3N7O3S2. The number of fused-ring (bicyclic) bond motifs is 1. The molecule has 10 nitrogen and oxygen atoms in total. The van der Waals surface area contributed by atoms with Gasteiger partial charge in [0.2, 0.25) is 0 Å². The Morgan fingerprint density at radius 2 is 2.05 bits per heavy atom. The third kappa shape index (κ3) is 5.73. The number of hydrogen-bond donors (Lipinski definition) is 2. The van der Waals surface area contributed by atoms with Crippen molar-refractivity contribution in [2.75, 3.05) is 13.1 Å². The molecule has 2 saturated heterocycles. The van der Waals surface area contributed by atoms with Crippen molar-refractivity contribution in [3.8, 4) is 0 Å². The minimum atomic E-state index is -4.02. The second-order valence-corrected chi connectivity index (χ2v) is 14.2. The van der Waals surface area contributed by atoms with Gasteiger partial charge in [-0.05, 0) is 44.9 Å². The van der Waals surface area contributed by atoms with Gasteiger partial charge in [0.1, 0.15) is 11.9 Å². The maximum absolute atomic E-state index is 14.0. The molecule has 0 bridgehead atoms. The zero-order valence-electron chi connectivity index (χ0n) is 23.2. The van der Waals surface area contributed by atoms with E-state index in [1.807, 2.05) is 4.90 Å². The molecule has 1 aromatic carbocycles. The van der Waals surface area contributed by atoms with E-state index < -0.39 is 46.3 Å². The fraction of sp³-hybridized carbons (Fsp3) is 0.444. The summed E-state index contributed by atoms with van der Waals surface area (Å²) in [5.41, 5.74) is 0.464. The number of hydrogen-bond acceptors (Lipinski definition) is 8. The van der Waals surface area contributed by atoms with E-state index in [1.165, 1.54) is 33.8 Å². The van der Waals surface area contributed by atoms with Crippen LogP contribution in [0.4, 0.5) is 13.2 Å². The van der Waals surface area contributed by atoms with Gasteiger partial charge in [-0.15, -0.1) is 11.3 Å². The first-order valence-electron chi connectivity index (χ1n) is 13.6. The number of nitrogens with one attached hydrogen (secondary N) is 1. The molecule has 2 fully saturated rings. The van der Waals surface area contributed by atoms with Crippen LogP contribution in [0.2, 0.25) is 5.02 Å². The molecule has 0 unspecified atom stereocenters. The molecule has 230 valence electrons. The summed E-state index contributed by atoms with van der Waals surface area (Å²) in [5, 5.41) is 17.2. The molecule has 0 aliphatic carbocycles. The lowest BCUT2D eigenvalue weighted by Gasteiger charge is -2.33. The van der Waals surface area contributed by atoms with Crippen molar-refractivity contribution in [2.45, 2.75) is 63.4 Å². The van der Waals surface area contributed by atoms with Gasteiger partial charge in [-0.1, -0.05) is 17.7 Å². The largest absolute Gasteiger partial charge is 0.389 e. The smallest absolute Gasteiger partial charge is 0.333 e. The summed E-state index contributed by atoms with van der Waals surface area (Å²) in [6.45, 7) is 0.754. The number of rotatable bonds is 8. The van der Waals surface area contributed by atoms with Crippen LogP contribution in [0.3, 0.4) is 0 Å². The van der Waals surface area contributed by atoms with E-state index in [-0.39, 0.29) is 30.2 Å². The predicted molar refractivity (Wildman–Crippen MR) is 156 cm³/mol. The average molecular weight is 656 g/mol. The maximum Gasteiger partial charge on any atom is 0.333 e. The Morgan fingerprint density at radius 1 is 1.26 bits per heavy atom. The normalized spacial score (nSPS) is 23.4. The summed E-state index contributed by atoms with van der Waals surface area (Å²) in [4.78, 5) is 11.2. The van der Waals surface area contributed by atoms with Gasteiger partial charge in [-0.2, -0.15) is 31.3 Å². The molecule has 0 saturated carbocycles. The van der Waals surface area contributed by atoms with E-state index in [0.717, 1.165) is 12.3 Å². The molecule has 0 radical (unpaired) electrons. The van der Waals surface area contributed by atoms with E-state index >= 15 is 0 Å². The summed E-state index contributed by atoms with van der Waals surface area (Å²) in [6, 6.07) is 3.24. The van der Waals surface area contributed by atoms with Crippen molar-refractivity contribution in [3.05, 3.63) is 74.8 Å². The van der Waals surface area contributed by atoms with Crippen molar-refractivity contribution >= 4 is 44.6 Å². The highest BCUT2D eigenvalue weighted by Crippen LogP contribution is 2.46. The number of nitrogens with zero attached hydrogens (tertiary/aromatic N) is 6. The van der Waals surface area contributed by atoms with Gasteiger partial charge >= 0.3 is 6.55 Å². The fourth-order valence-electron chi connectivity index (χ4n) is 6.04. The van der Waals surface area contributed by atoms with Gasteiger partial charge < -0.3 is 10.0 Å². The zero-order chi connectivity index (χ0) is 30.7. The Bertz CT molecular complexity index is 1690. The highest BCUT2D eigenvalue weighted by atomic mass is 35.5. The third-order valence-corrected chi connectivity index (χ3v) is 10.7. The van der Waals surface area contributed by atoms with Crippen LogP contribution in [0.25, 0.3) is 5.57 Å². The molecule has 3 aliphatic heterocycles. The lowest BCUT2D eigenvalue weighted by atomic mass is 9.92. The van der Waals surface area contributed by atoms with Crippen molar-refractivity contribution in [2.24, 2.45) is 4.99 Å². The van der Waals surface area contributed by atoms with E-state index in [2.05, 4.69) is 14.8 Å². The van der Waals surface area contributed by atoms with Crippen LogP contribution in [0.15, 0.2) is 52.7 Å². The summed E-state index contributed by atoms with van der Waals surface area (Å²) in [7, 11) is -4.02. The van der Waals surface area contributed by atoms with Crippen molar-refractivity contribution in [3.63, 3.8) is 0 Å². The number of halogens is 4. The topological polar surface area (TPSA) is 116 Å². The summed E-state index contributed by atoms with van der Waals surface area (Å²) in [5.74, 6) is -0.0993. The molecule has 0 spiro atoms. The lowest BCUT2D eigenvalue weighted by molar-refractivity contribution is 0.0211. The molecule has 0 amide bonds. The van der Waals surface area contributed by atoms with E-state index in [0.29, 0.717) is 45.2 Å². The van der Waals surface area contributed by atoms with Gasteiger partial charge in [0, 0.05) is 65.2 Å². The standard InChI is InChI=1S/C27H29ClF3N7O3S2/c1-27(2,39)21-4-3-9-38(21)43(40,41)35-16-13-20-22(19-7-10-37(34-19)26(30)31)23(17-6-5-15(29)12-18(17)28)33-24(36(20)14-16)25-32-8-11-42-25/h5-8,10-12,16,21,23,26,35,39H,3-4,9,13-14H2,1-2H3/t16-,21+,23-/m0/s1. The van der Waals surface area contributed by atoms with Crippen LogP contribution in [0.1, 0.15) is 62.0 Å². The van der Waals surface area contributed by atoms with Gasteiger partial charge in [0.25, 0.3) is 10.2 Å². The van der Waals surface area contributed by atoms with E-state index in [4.69, 9.17) is 16.6 Å². The zero-order valence-corrected chi connectivity index (χ0v) is 25.6. The Morgan fingerprint density at radius 3 is 2.70 bits per heavy atom. The number of benzene rings is 1. The van der Waals surface area contributed by atoms with Gasteiger partial charge in [0.05, 0.1) is 17.3 Å². The molecule has 16 heteroatoms. The molecule has 2 aromatic heterocycles. The SMILES string of the molecule is CC(C)(O)[C@H]1CCCN1S(=O)(=O)N[C@H]1CC2=C(c3ccn(C(F)F)n3)[C@H](c3ccc(F)cc3Cl)N=C(c3nccs3)N2C1. The molecular weight excluding hydrogens is 627 g/mol. The predicted octanol–water partition coefficient (Wildman–Crippen LogP) is 4.58. The molecule has 5 heterocycles. The molecule has 3 atom stereocenters. The van der Waals surface area contributed by atoms with Gasteiger partial charge in [-0.25, -0.2) is 14.1 Å². The minimum absolute atomic E-state index is 0.0917. The average Bonchev–Trinajstić information content (AvgIpc) is 3.73. The van der Waals surface area contributed by atoms with Crippen LogP contribution < -0.4 is 4.72 Å². The molecule has 43 heavy (non-hydrogen) atoms. The molecule has 3 aliphatic rings. The van der Waals surface area contributed by atoms with Crippen LogP contribution in [0.5, 0.6) is 0 Å². The van der Waals surface area contributed by atoms with Crippen molar-refractivity contribution < 1.29 is 26.7 Å². The van der Waals surface area contributed by atoms with Crippen LogP contribution >= 0.6 is 22.9 Å². The number of thiazole rings is 1. The van der Waals surface area contributed by atoms with Crippen LogP contribution in [0, 0.1) is 5.82 Å². The summed E-state index contributed by atoms with van der Waals surface area (Å²) in [6.07, 6.45) is 4.10. The molecule has 6 rings (SSSR count). The van der Waals surface area contributed by atoms with Crippen molar-refractivity contribution in [1.82, 2.24) is 28.7 Å². The number of aliphatic hydroxyl groups is 1. The number of aliphatic imine (C=N–C) groups is 1. The minimum Gasteiger partial charge on any atom is -0.389 e. The molecule has 3 aromatic rings. The second-order valence-electron chi connectivity index (χ2n) is 11.2. The first-order chi connectivity index (χ1) is 20.3. The van der Waals surface area contributed by atoms with Crippen LogP contribution in [-0.2, 0) is 10.2 Å². The Kier molecular flexibility index (Phi) is 7.92. The monoisotopic (exact) mass is 655 g/mol. The first kappa shape index (κ1) is 30.2. The Balaban J connectivity index is 1.45. The highest BCUT2D eigenvalue weighted by Gasteiger charge is 2.46. The van der Waals surface area contributed by atoms with E-state index in [9.17, 15) is 26.7 Å². The number of aromatic nitrogens is 3. The third-order valence-electron chi connectivity index (χ3n) is 7.87.